The maximum atomic E-state index is 9.10. The number of aromatic nitrogens is 2. The van der Waals surface area contributed by atoms with Crippen molar-refractivity contribution >= 4 is 17.3 Å². The number of hydrogen-bond acceptors (Lipinski definition) is 6. The molecule has 0 amide bonds. The average molecular weight is 371 g/mol. The van der Waals surface area contributed by atoms with Gasteiger partial charge < -0.3 is 15.0 Å². The molecule has 28 heavy (non-hydrogen) atoms. The van der Waals surface area contributed by atoms with Crippen LogP contribution in [-0.2, 0) is 4.74 Å². The molecule has 0 radical (unpaired) electrons. The third kappa shape index (κ3) is 3.95. The minimum Gasteiger partial charge on any atom is -0.378 e. The quantitative estimate of drug-likeness (QED) is 0.750. The molecule has 1 N–H and O–H groups in total. The second-order valence-electron chi connectivity index (χ2n) is 6.68. The van der Waals surface area contributed by atoms with Gasteiger partial charge in [0.05, 0.1) is 30.5 Å². The number of nitrogens with zero attached hydrogens (tertiary/aromatic N) is 4. The van der Waals surface area contributed by atoms with Crippen molar-refractivity contribution in [3.05, 3.63) is 65.9 Å². The molecule has 140 valence electrons. The van der Waals surface area contributed by atoms with Crippen LogP contribution in [0.25, 0.3) is 11.3 Å². The maximum absolute atomic E-state index is 9.10. The van der Waals surface area contributed by atoms with E-state index in [9.17, 15) is 0 Å². The van der Waals surface area contributed by atoms with E-state index in [0.717, 1.165) is 43.2 Å². The van der Waals surface area contributed by atoms with Gasteiger partial charge in [-0.3, -0.25) is 0 Å². The molecule has 1 aromatic heterocycles. The second kappa shape index (κ2) is 8.07. The highest BCUT2D eigenvalue weighted by Gasteiger charge is 2.13. The van der Waals surface area contributed by atoms with Gasteiger partial charge in [-0.05, 0) is 48.9 Å². The molecular formula is C22H21N5O. The molecule has 0 atom stereocenters. The molecule has 0 saturated carbocycles. The number of benzene rings is 2. The van der Waals surface area contributed by atoms with Gasteiger partial charge in [-0.1, -0.05) is 12.1 Å². The predicted molar refractivity (Wildman–Crippen MR) is 110 cm³/mol. The monoisotopic (exact) mass is 371 g/mol. The number of aryl methyl sites for hydroxylation is 1. The SMILES string of the molecule is Cc1cc(Nc2nccc(-c3cccc(C#N)c3)n2)ccc1N1CCOCC1. The van der Waals surface area contributed by atoms with Crippen LogP contribution in [0.3, 0.4) is 0 Å². The van der Waals surface area contributed by atoms with Crippen LogP contribution in [0.4, 0.5) is 17.3 Å². The summed E-state index contributed by atoms with van der Waals surface area (Å²) in [6, 6.07) is 17.7. The minimum atomic E-state index is 0.526. The van der Waals surface area contributed by atoms with Gasteiger partial charge in [-0.15, -0.1) is 0 Å². The van der Waals surface area contributed by atoms with Crippen molar-refractivity contribution in [3.63, 3.8) is 0 Å². The molecule has 0 unspecified atom stereocenters. The number of nitrogens with one attached hydrogen (secondary N) is 1. The minimum absolute atomic E-state index is 0.526. The van der Waals surface area contributed by atoms with Gasteiger partial charge in [0.25, 0.3) is 0 Å². The zero-order chi connectivity index (χ0) is 19.3. The van der Waals surface area contributed by atoms with Gasteiger partial charge in [-0.2, -0.15) is 5.26 Å². The van der Waals surface area contributed by atoms with Crippen LogP contribution in [0.2, 0.25) is 0 Å². The van der Waals surface area contributed by atoms with Crippen molar-refractivity contribution in [1.82, 2.24) is 9.97 Å². The molecule has 0 aliphatic carbocycles. The largest absolute Gasteiger partial charge is 0.378 e. The van der Waals surface area contributed by atoms with E-state index < -0.39 is 0 Å². The van der Waals surface area contributed by atoms with Crippen LogP contribution in [0.5, 0.6) is 0 Å². The fourth-order valence-electron chi connectivity index (χ4n) is 3.35. The van der Waals surface area contributed by atoms with Gasteiger partial charge >= 0.3 is 0 Å². The molecule has 1 fully saturated rings. The van der Waals surface area contributed by atoms with Crippen molar-refractivity contribution < 1.29 is 4.74 Å². The average Bonchev–Trinajstić information content (AvgIpc) is 2.75. The van der Waals surface area contributed by atoms with Crippen molar-refractivity contribution in [1.29, 1.82) is 5.26 Å². The first-order valence-electron chi connectivity index (χ1n) is 9.27. The van der Waals surface area contributed by atoms with E-state index in [1.807, 2.05) is 30.3 Å². The predicted octanol–water partition coefficient (Wildman–Crippen LogP) is 3.90. The van der Waals surface area contributed by atoms with Gasteiger partial charge in [0, 0.05) is 36.2 Å². The maximum Gasteiger partial charge on any atom is 0.227 e. The first kappa shape index (κ1) is 18.0. The fourth-order valence-corrected chi connectivity index (χ4v) is 3.35. The Bertz CT molecular complexity index is 1020. The molecule has 0 spiro atoms. The van der Waals surface area contributed by atoms with Gasteiger partial charge in [-0.25, -0.2) is 9.97 Å². The Hall–Kier alpha value is -3.43. The normalized spacial score (nSPS) is 13.8. The fraction of sp³-hybridized carbons (Fsp3) is 0.227. The van der Waals surface area contributed by atoms with Crippen LogP contribution >= 0.6 is 0 Å². The first-order valence-corrected chi connectivity index (χ1v) is 9.27. The molecule has 1 aliphatic rings. The number of anilines is 3. The summed E-state index contributed by atoms with van der Waals surface area (Å²) >= 11 is 0. The van der Waals surface area contributed by atoms with Crippen LogP contribution in [0, 0.1) is 18.3 Å². The van der Waals surface area contributed by atoms with Gasteiger partial charge in [0.1, 0.15) is 0 Å². The standard InChI is InChI=1S/C22H21N5O/c1-16-13-19(5-6-21(16)27-9-11-28-12-10-27)25-22-24-8-7-20(26-22)18-4-2-3-17(14-18)15-23/h2-8,13-14H,9-12H2,1H3,(H,24,25,26). The molecule has 3 aromatic rings. The lowest BCUT2D eigenvalue weighted by molar-refractivity contribution is 0.122. The third-order valence-electron chi connectivity index (χ3n) is 4.75. The van der Waals surface area contributed by atoms with Crippen LogP contribution in [0.15, 0.2) is 54.7 Å². The van der Waals surface area contributed by atoms with Crippen molar-refractivity contribution in [2.24, 2.45) is 0 Å². The summed E-state index contributed by atoms with van der Waals surface area (Å²) < 4.78 is 5.44. The lowest BCUT2D eigenvalue weighted by atomic mass is 10.1. The second-order valence-corrected chi connectivity index (χ2v) is 6.68. The summed E-state index contributed by atoms with van der Waals surface area (Å²) in [5.41, 5.74) is 5.65. The Balaban J connectivity index is 1.54. The van der Waals surface area contributed by atoms with E-state index in [1.165, 1.54) is 11.3 Å². The highest BCUT2D eigenvalue weighted by Crippen LogP contribution is 2.26. The molecule has 1 aliphatic heterocycles. The van der Waals surface area contributed by atoms with Crippen LogP contribution in [-0.4, -0.2) is 36.3 Å². The molecule has 4 rings (SSSR count). The highest BCUT2D eigenvalue weighted by molar-refractivity contribution is 5.66. The third-order valence-corrected chi connectivity index (χ3v) is 4.75. The summed E-state index contributed by atoms with van der Waals surface area (Å²) in [7, 11) is 0. The molecule has 1 saturated heterocycles. The molecule has 6 heteroatoms. The smallest absolute Gasteiger partial charge is 0.227 e. The molecular weight excluding hydrogens is 350 g/mol. The Labute approximate surface area is 164 Å². The van der Waals surface area contributed by atoms with E-state index in [-0.39, 0.29) is 0 Å². The van der Waals surface area contributed by atoms with Crippen molar-refractivity contribution in [2.45, 2.75) is 6.92 Å². The van der Waals surface area contributed by atoms with E-state index in [1.54, 1.807) is 12.3 Å². The van der Waals surface area contributed by atoms with Crippen LogP contribution < -0.4 is 10.2 Å². The number of hydrogen-bond donors (Lipinski definition) is 1. The van der Waals surface area contributed by atoms with E-state index in [0.29, 0.717) is 11.5 Å². The Morgan fingerprint density at radius 3 is 2.75 bits per heavy atom. The zero-order valence-corrected chi connectivity index (χ0v) is 15.7. The highest BCUT2D eigenvalue weighted by atomic mass is 16.5. The molecule has 0 bridgehead atoms. The molecule has 2 aromatic carbocycles. The Morgan fingerprint density at radius 1 is 1.11 bits per heavy atom. The lowest BCUT2D eigenvalue weighted by Gasteiger charge is -2.30. The Morgan fingerprint density at radius 2 is 1.96 bits per heavy atom. The van der Waals surface area contributed by atoms with E-state index in [4.69, 9.17) is 10.00 Å². The Kier molecular flexibility index (Phi) is 5.18. The topological polar surface area (TPSA) is 74.1 Å². The number of nitriles is 1. The zero-order valence-electron chi connectivity index (χ0n) is 15.7. The van der Waals surface area contributed by atoms with E-state index >= 15 is 0 Å². The molecule has 6 nitrogen and oxygen atoms in total. The number of rotatable bonds is 4. The summed E-state index contributed by atoms with van der Waals surface area (Å²) in [6.07, 6.45) is 1.72. The summed E-state index contributed by atoms with van der Waals surface area (Å²) in [6.45, 7) is 5.49. The van der Waals surface area contributed by atoms with Crippen molar-refractivity contribution in [3.8, 4) is 17.3 Å². The summed E-state index contributed by atoms with van der Waals surface area (Å²) in [5, 5.41) is 12.4. The van der Waals surface area contributed by atoms with Crippen LogP contribution in [0.1, 0.15) is 11.1 Å². The lowest BCUT2D eigenvalue weighted by Crippen LogP contribution is -2.36. The molecule has 2 heterocycles. The van der Waals surface area contributed by atoms with E-state index in [2.05, 4.69) is 45.3 Å². The summed E-state index contributed by atoms with van der Waals surface area (Å²) in [4.78, 5) is 11.3. The van der Waals surface area contributed by atoms with Gasteiger partial charge in [0.15, 0.2) is 0 Å². The number of morpholine rings is 1. The first-order chi connectivity index (χ1) is 13.7. The van der Waals surface area contributed by atoms with Gasteiger partial charge in [0.2, 0.25) is 5.95 Å². The summed E-state index contributed by atoms with van der Waals surface area (Å²) in [5.74, 6) is 0.526. The number of ether oxygens (including phenoxy) is 1. The van der Waals surface area contributed by atoms with Crippen molar-refractivity contribution in [2.75, 3.05) is 36.5 Å².